The Balaban J connectivity index is 1.46. The lowest BCUT2D eigenvalue weighted by Gasteiger charge is -2.14. The average Bonchev–Trinajstić information content (AvgIpc) is 3.32. The first-order chi connectivity index (χ1) is 14.5. The van der Waals surface area contributed by atoms with E-state index < -0.39 is 0 Å². The Bertz CT molecular complexity index is 1090. The summed E-state index contributed by atoms with van der Waals surface area (Å²) in [6.07, 6.45) is 2.55. The number of amides is 1. The Morgan fingerprint density at radius 3 is 2.47 bits per heavy atom. The van der Waals surface area contributed by atoms with Crippen LogP contribution >= 0.6 is 24.0 Å². The highest BCUT2D eigenvalue weighted by molar-refractivity contribution is 8.26. The molecule has 2 aromatic carbocycles. The summed E-state index contributed by atoms with van der Waals surface area (Å²) < 4.78 is 6.55. The molecule has 2 heterocycles. The fourth-order valence-electron chi connectivity index (χ4n) is 3.22. The van der Waals surface area contributed by atoms with Crippen molar-refractivity contribution in [3.05, 3.63) is 83.0 Å². The smallest absolute Gasteiger partial charge is 0.266 e. The number of rotatable bonds is 6. The molecule has 1 aliphatic rings. The minimum atomic E-state index is -0.0609. The summed E-state index contributed by atoms with van der Waals surface area (Å²) in [6, 6.07) is 22.1. The number of nitrogens with zero attached hydrogens (tertiary/aromatic N) is 2. The molecule has 0 atom stereocenters. The van der Waals surface area contributed by atoms with Gasteiger partial charge in [0, 0.05) is 38.0 Å². The van der Waals surface area contributed by atoms with E-state index in [1.807, 2.05) is 56.6 Å². The quantitative estimate of drug-likeness (QED) is 0.381. The maximum Gasteiger partial charge on any atom is 0.266 e. The van der Waals surface area contributed by atoms with E-state index in [1.165, 1.54) is 17.3 Å². The third kappa shape index (κ3) is 4.50. The zero-order chi connectivity index (χ0) is 21.1. The van der Waals surface area contributed by atoms with Gasteiger partial charge in [0.15, 0.2) is 0 Å². The zero-order valence-corrected chi connectivity index (χ0v) is 18.5. The van der Waals surface area contributed by atoms with E-state index in [-0.39, 0.29) is 5.91 Å². The summed E-state index contributed by atoms with van der Waals surface area (Å²) >= 11 is 6.76. The van der Waals surface area contributed by atoms with Crippen LogP contribution in [0.5, 0.6) is 0 Å². The molecule has 152 valence electrons. The predicted octanol–water partition coefficient (Wildman–Crippen LogP) is 5.46. The molecule has 30 heavy (non-hydrogen) atoms. The first-order valence-corrected chi connectivity index (χ1v) is 10.9. The Kier molecular flexibility index (Phi) is 6.06. The van der Waals surface area contributed by atoms with E-state index in [4.69, 9.17) is 16.6 Å². The van der Waals surface area contributed by atoms with E-state index in [9.17, 15) is 4.79 Å². The van der Waals surface area contributed by atoms with Crippen LogP contribution in [0.2, 0.25) is 0 Å². The van der Waals surface area contributed by atoms with Crippen molar-refractivity contribution in [2.75, 3.05) is 25.5 Å². The van der Waals surface area contributed by atoms with E-state index in [0.717, 1.165) is 23.4 Å². The molecule has 0 bridgehead atoms. The first-order valence-electron chi connectivity index (χ1n) is 9.68. The topological polar surface area (TPSA) is 36.7 Å². The van der Waals surface area contributed by atoms with Crippen LogP contribution in [0.3, 0.4) is 0 Å². The molecule has 0 spiro atoms. The van der Waals surface area contributed by atoms with Gasteiger partial charge in [-0.25, -0.2) is 0 Å². The summed E-state index contributed by atoms with van der Waals surface area (Å²) in [6.45, 7) is 0.577. The zero-order valence-electron chi connectivity index (χ0n) is 16.9. The molecular formula is C24H22N2O2S2. The number of benzene rings is 2. The fraction of sp³-hybridized carbons (Fsp3) is 0.167. The van der Waals surface area contributed by atoms with Crippen molar-refractivity contribution < 1.29 is 9.21 Å². The number of thiocarbonyl (C=S) groups is 1. The molecule has 1 aromatic heterocycles. The van der Waals surface area contributed by atoms with Crippen molar-refractivity contribution in [3.8, 4) is 11.3 Å². The third-order valence-corrected chi connectivity index (χ3v) is 6.29. The molecule has 0 N–H and O–H groups in total. The highest BCUT2D eigenvalue weighted by atomic mass is 32.2. The molecule has 1 saturated heterocycles. The summed E-state index contributed by atoms with van der Waals surface area (Å²) in [5, 5.41) is 0. The Morgan fingerprint density at radius 2 is 1.77 bits per heavy atom. The molecule has 3 aromatic rings. The molecule has 1 amide bonds. The lowest BCUT2D eigenvalue weighted by atomic mass is 10.1. The normalized spacial score (nSPS) is 15.3. The van der Waals surface area contributed by atoms with Crippen molar-refractivity contribution in [2.45, 2.75) is 6.42 Å². The van der Waals surface area contributed by atoms with Crippen LogP contribution in [0, 0.1) is 0 Å². The summed E-state index contributed by atoms with van der Waals surface area (Å²) in [5.74, 6) is 1.35. The number of carbonyl (C=O) groups is 1. The van der Waals surface area contributed by atoms with Gasteiger partial charge in [-0.1, -0.05) is 54.3 Å². The van der Waals surface area contributed by atoms with Crippen molar-refractivity contribution in [1.29, 1.82) is 0 Å². The maximum absolute atomic E-state index is 12.8. The molecule has 4 rings (SSSR count). The molecular weight excluding hydrogens is 412 g/mol. The Hall–Kier alpha value is -2.83. The first kappa shape index (κ1) is 20.4. The highest BCUT2D eigenvalue weighted by Crippen LogP contribution is 2.34. The molecule has 0 radical (unpaired) electrons. The fourth-order valence-corrected chi connectivity index (χ4v) is 4.51. The van der Waals surface area contributed by atoms with Gasteiger partial charge in [0.05, 0.1) is 4.91 Å². The second-order valence-electron chi connectivity index (χ2n) is 7.21. The molecule has 1 fully saturated rings. The number of anilines is 1. The standard InChI is InChI=1S/C24H22N2O2S2/c1-25(2)19-10-8-18(9-11-19)21-13-12-20(28-21)16-22-23(27)26(24(29)30-22)15-14-17-6-4-3-5-7-17/h3-13,16H,14-15H2,1-2H3/b22-16-. The van der Waals surface area contributed by atoms with Crippen molar-refractivity contribution in [3.63, 3.8) is 0 Å². The van der Waals surface area contributed by atoms with Gasteiger partial charge in [-0.15, -0.1) is 0 Å². The monoisotopic (exact) mass is 434 g/mol. The number of hydrogen-bond donors (Lipinski definition) is 0. The summed E-state index contributed by atoms with van der Waals surface area (Å²) in [7, 11) is 4.02. The van der Waals surface area contributed by atoms with Gasteiger partial charge < -0.3 is 9.32 Å². The highest BCUT2D eigenvalue weighted by Gasteiger charge is 2.31. The van der Waals surface area contributed by atoms with Crippen LogP contribution in [-0.4, -0.2) is 35.8 Å². The number of furan rings is 1. The molecule has 0 unspecified atom stereocenters. The molecule has 6 heteroatoms. The van der Waals surface area contributed by atoms with Crippen LogP contribution < -0.4 is 4.90 Å². The number of thioether (sulfide) groups is 1. The Labute approximate surface area is 186 Å². The minimum absolute atomic E-state index is 0.0609. The van der Waals surface area contributed by atoms with Crippen LogP contribution in [0.25, 0.3) is 17.4 Å². The second kappa shape index (κ2) is 8.90. The third-order valence-electron chi connectivity index (χ3n) is 4.91. The molecule has 4 nitrogen and oxygen atoms in total. The van der Waals surface area contributed by atoms with E-state index in [1.54, 1.807) is 11.0 Å². The van der Waals surface area contributed by atoms with Crippen LogP contribution in [0.4, 0.5) is 5.69 Å². The van der Waals surface area contributed by atoms with Gasteiger partial charge in [0.1, 0.15) is 15.8 Å². The van der Waals surface area contributed by atoms with E-state index >= 15 is 0 Å². The van der Waals surface area contributed by atoms with Crippen molar-refractivity contribution in [1.82, 2.24) is 4.90 Å². The average molecular weight is 435 g/mol. The van der Waals surface area contributed by atoms with Gasteiger partial charge in [-0.05, 0) is 48.4 Å². The molecule has 1 aliphatic heterocycles. The van der Waals surface area contributed by atoms with Crippen molar-refractivity contribution in [2.24, 2.45) is 0 Å². The van der Waals surface area contributed by atoms with Gasteiger partial charge >= 0.3 is 0 Å². The minimum Gasteiger partial charge on any atom is -0.457 e. The second-order valence-corrected chi connectivity index (χ2v) is 8.89. The van der Waals surface area contributed by atoms with Crippen LogP contribution in [0.1, 0.15) is 11.3 Å². The van der Waals surface area contributed by atoms with Crippen molar-refractivity contribution >= 4 is 46.0 Å². The van der Waals surface area contributed by atoms with Gasteiger partial charge in [-0.3, -0.25) is 9.69 Å². The summed E-state index contributed by atoms with van der Waals surface area (Å²) in [4.78, 5) is 17.1. The van der Waals surface area contributed by atoms with Gasteiger partial charge in [0.25, 0.3) is 5.91 Å². The van der Waals surface area contributed by atoms with E-state index in [2.05, 4.69) is 29.2 Å². The van der Waals surface area contributed by atoms with Crippen LogP contribution in [-0.2, 0) is 11.2 Å². The number of hydrogen-bond acceptors (Lipinski definition) is 5. The largest absolute Gasteiger partial charge is 0.457 e. The number of carbonyl (C=O) groups excluding carboxylic acids is 1. The lowest BCUT2D eigenvalue weighted by Crippen LogP contribution is -2.30. The maximum atomic E-state index is 12.8. The SMILES string of the molecule is CN(C)c1ccc(-c2ccc(/C=C3\SC(=S)N(CCc4ccccc4)C3=O)o2)cc1. The Morgan fingerprint density at radius 1 is 1.03 bits per heavy atom. The predicted molar refractivity (Wildman–Crippen MR) is 128 cm³/mol. The molecule has 0 saturated carbocycles. The van der Waals surface area contributed by atoms with Gasteiger partial charge in [0.2, 0.25) is 0 Å². The lowest BCUT2D eigenvalue weighted by molar-refractivity contribution is -0.122. The molecule has 0 aliphatic carbocycles. The van der Waals surface area contributed by atoms with Crippen LogP contribution in [0.15, 0.2) is 76.1 Å². The summed E-state index contributed by atoms with van der Waals surface area (Å²) in [5.41, 5.74) is 3.31. The van der Waals surface area contributed by atoms with Gasteiger partial charge in [-0.2, -0.15) is 0 Å². The van der Waals surface area contributed by atoms with E-state index in [0.29, 0.717) is 21.5 Å².